The van der Waals surface area contributed by atoms with Gasteiger partial charge in [0, 0.05) is 12.6 Å². The number of methoxy groups -OCH3 is 1. The summed E-state index contributed by atoms with van der Waals surface area (Å²) in [6.07, 6.45) is 0. The van der Waals surface area contributed by atoms with E-state index in [9.17, 15) is 8.42 Å². The van der Waals surface area contributed by atoms with Gasteiger partial charge in [-0.1, -0.05) is 20.8 Å². The third-order valence-corrected chi connectivity index (χ3v) is 3.22. The molecule has 0 spiro atoms. The number of primary sulfonamides is 1. The summed E-state index contributed by atoms with van der Waals surface area (Å²) in [6.45, 7) is 7.06. The maximum Gasteiger partial charge on any atom is 0.238 e. The molecule has 0 saturated heterocycles. The first-order valence-electron chi connectivity index (χ1n) is 5.58. The van der Waals surface area contributed by atoms with Gasteiger partial charge in [0.1, 0.15) is 5.75 Å². The molecule has 6 heteroatoms. The highest BCUT2D eigenvalue weighted by Gasteiger charge is 2.14. The molecule has 0 aliphatic rings. The van der Waals surface area contributed by atoms with Crippen LogP contribution in [-0.2, 0) is 10.0 Å². The van der Waals surface area contributed by atoms with E-state index in [0.717, 1.165) is 12.2 Å². The molecule has 1 rings (SSSR count). The summed E-state index contributed by atoms with van der Waals surface area (Å²) in [4.78, 5) is 0.0423. The number of ether oxygens (including phenoxy) is 1. The minimum Gasteiger partial charge on any atom is -0.495 e. The number of rotatable bonds is 4. The van der Waals surface area contributed by atoms with Crippen molar-refractivity contribution in [2.45, 2.75) is 25.7 Å². The van der Waals surface area contributed by atoms with Crippen LogP contribution in [0.15, 0.2) is 23.1 Å². The Labute approximate surface area is 108 Å². The Bertz CT molecular complexity index is 519. The van der Waals surface area contributed by atoms with Gasteiger partial charge in [0.15, 0.2) is 0 Å². The molecule has 0 amide bonds. The van der Waals surface area contributed by atoms with Crippen molar-refractivity contribution in [3.05, 3.63) is 18.2 Å². The van der Waals surface area contributed by atoms with E-state index in [4.69, 9.17) is 9.88 Å². The van der Waals surface area contributed by atoms with Gasteiger partial charge in [-0.25, -0.2) is 13.6 Å². The van der Waals surface area contributed by atoms with E-state index in [2.05, 4.69) is 26.1 Å². The van der Waals surface area contributed by atoms with E-state index >= 15 is 0 Å². The number of hydrogen-bond donors (Lipinski definition) is 2. The van der Waals surface area contributed by atoms with Crippen LogP contribution in [0, 0.1) is 5.41 Å². The monoisotopic (exact) mass is 272 g/mol. The quantitative estimate of drug-likeness (QED) is 0.875. The summed E-state index contributed by atoms with van der Waals surface area (Å²) in [5, 5.41) is 8.29. The standard InChI is InChI=1S/C12H20N2O3S/c1-12(2,3)8-14-10-6-5-9(18(13,15)16)7-11(10)17-4/h5-7,14H,8H2,1-4H3,(H2,13,15,16). The Morgan fingerprint density at radius 2 is 1.94 bits per heavy atom. The highest BCUT2D eigenvalue weighted by Crippen LogP contribution is 2.28. The number of hydrogen-bond acceptors (Lipinski definition) is 4. The largest absolute Gasteiger partial charge is 0.495 e. The lowest BCUT2D eigenvalue weighted by Gasteiger charge is -2.21. The smallest absolute Gasteiger partial charge is 0.238 e. The van der Waals surface area contributed by atoms with Crippen LogP contribution >= 0.6 is 0 Å². The molecule has 0 aliphatic carbocycles. The van der Waals surface area contributed by atoms with Crippen molar-refractivity contribution >= 4 is 15.7 Å². The minimum absolute atomic E-state index is 0.0423. The van der Waals surface area contributed by atoms with E-state index in [1.165, 1.54) is 19.2 Å². The Kier molecular flexibility index (Phi) is 4.24. The Morgan fingerprint density at radius 1 is 1.33 bits per heavy atom. The summed E-state index contributed by atoms with van der Waals surface area (Å²) in [7, 11) is -2.21. The molecule has 0 unspecified atom stereocenters. The lowest BCUT2D eigenvalue weighted by Crippen LogP contribution is -2.19. The molecule has 5 nitrogen and oxygen atoms in total. The zero-order valence-corrected chi connectivity index (χ0v) is 12.0. The molecule has 1 aromatic rings. The topological polar surface area (TPSA) is 81.4 Å². The van der Waals surface area contributed by atoms with Gasteiger partial charge in [-0.05, 0) is 17.5 Å². The average molecular weight is 272 g/mol. The second-order valence-corrected chi connectivity index (χ2v) is 6.88. The van der Waals surface area contributed by atoms with Crippen molar-refractivity contribution in [1.82, 2.24) is 0 Å². The lowest BCUT2D eigenvalue weighted by atomic mass is 9.97. The third kappa shape index (κ3) is 4.19. The molecule has 0 radical (unpaired) electrons. The number of benzene rings is 1. The maximum atomic E-state index is 11.2. The molecule has 102 valence electrons. The Morgan fingerprint density at radius 3 is 2.39 bits per heavy atom. The SMILES string of the molecule is COc1cc(S(N)(=O)=O)ccc1NCC(C)(C)C. The third-order valence-electron chi connectivity index (χ3n) is 2.31. The van der Waals surface area contributed by atoms with Crippen LogP contribution in [0.5, 0.6) is 5.75 Å². The normalized spacial score (nSPS) is 12.3. The maximum absolute atomic E-state index is 11.2. The second-order valence-electron chi connectivity index (χ2n) is 5.32. The summed E-state index contributed by atoms with van der Waals surface area (Å²) >= 11 is 0. The molecular weight excluding hydrogens is 252 g/mol. The predicted molar refractivity (Wildman–Crippen MR) is 72.3 cm³/mol. The van der Waals surface area contributed by atoms with Crippen LogP contribution in [0.3, 0.4) is 0 Å². The molecule has 3 N–H and O–H groups in total. The first-order valence-corrected chi connectivity index (χ1v) is 7.13. The molecule has 0 aliphatic heterocycles. The van der Waals surface area contributed by atoms with Crippen molar-refractivity contribution in [2.75, 3.05) is 19.0 Å². The van der Waals surface area contributed by atoms with Crippen LogP contribution in [0.2, 0.25) is 0 Å². The molecule has 0 saturated carbocycles. The van der Waals surface area contributed by atoms with Crippen LogP contribution < -0.4 is 15.2 Å². The lowest BCUT2D eigenvalue weighted by molar-refractivity contribution is 0.411. The van der Waals surface area contributed by atoms with Gasteiger partial charge in [-0.3, -0.25) is 0 Å². The molecule has 1 aromatic carbocycles. The molecule has 0 atom stereocenters. The molecule has 18 heavy (non-hydrogen) atoms. The number of nitrogens with two attached hydrogens (primary N) is 1. The van der Waals surface area contributed by atoms with Gasteiger partial charge in [0.2, 0.25) is 10.0 Å². The average Bonchev–Trinajstić information content (AvgIpc) is 2.23. The summed E-state index contributed by atoms with van der Waals surface area (Å²) < 4.78 is 27.6. The Hall–Kier alpha value is -1.27. The zero-order valence-electron chi connectivity index (χ0n) is 11.1. The molecule has 0 bridgehead atoms. The molecule has 0 aromatic heterocycles. The van der Waals surface area contributed by atoms with Gasteiger partial charge in [0.05, 0.1) is 17.7 Å². The molecule has 0 fully saturated rings. The predicted octanol–water partition coefficient (Wildman–Crippen LogP) is 1.80. The Balaban J connectivity index is 3.01. The summed E-state index contributed by atoms with van der Waals surface area (Å²) in [5.74, 6) is 0.464. The number of anilines is 1. The van der Waals surface area contributed by atoms with Gasteiger partial charge < -0.3 is 10.1 Å². The van der Waals surface area contributed by atoms with Crippen molar-refractivity contribution in [3.8, 4) is 5.75 Å². The fraction of sp³-hybridized carbons (Fsp3) is 0.500. The highest BCUT2D eigenvalue weighted by atomic mass is 32.2. The van der Waals surface area contributed by atoms with Crippen LogP contribution in [0.1, 0.15) is 20.8 Å². The fourth-order valence-corrected chi connectivity index (χ4v) is 1.88. The van der Waals surface area contributed by atoms with Gasteiger partial charge in [-0.15, -0.1) is 0 Å². The van der Waals surface area contributed by atoms with Crippen LogP contribution in [0.25, 0.3) is 0 Å². The summed E-state index contributed by atoms with van der Waals surface area (Å²) in [6, 6.07) is 4.54. The number of sulfonamides is 1. The fourth-order valence-electron chi connectivity index (χ4n) is 1.35. The van der Waals surface area contributed by atoms with Gasteiger partial charge in [-0.2, -0.15) is 0 Å². The first kappa shape index (κ1) is 14.8. The highest BCUT2D eigenvalue weighted by molar-refractivity contribution is 7.89. The van der Waals surface area contributed by atoms with Crippen molar-refractivity contribution in [1.29, 1.82) is 0 Å². The van der Waals surface area contributed by atoms with E-state index in [0.29, 0.717) is 5.75 Å². The van der Waals surface area contributed by atoms with Gasteiger partial charge in [0.25, 0.3) is 0 Å². The second kappa shape index (κ2) is 5.16. The zero-order chi connectivity index (χ0) is 14.0. The van der Waals surface area contributed by atoms with Crippen molar-refractivity contribution < 1.29 is 13.2 Å². The molecule has 0 heterocycles. The summed E-state index contributed by atoms with van der Waals surface area (Å²) in [5.41, 5.74) is 0.865. The van der Waals surface area contributed by atoms with E-state index in [1.807, 2.05) is 0 Å². The van der Waals surface area contributed by atoms with Gasteiger partial charge >= 0.3 is 0 Å². The van der Waals surface area contributed by atoms with E-state index in [-0.39, 0.29) is 10.3 Å². The first-order chi connectivity index (χ1) is 8.13. The van der Waals surface area contributed by atoms with Crippen LogP contribution in [0.4, 0.5) is 5.69 Å². The van der Waals surface area contributed by atoms with Crippen LogP contribution in [-0.4, -0.2) is 22.1 Å². The number of nitrogens with one attached hydrogen (secondary N) is 1. The van der Waals surface area contributed by atoms with E-state index in [1.54, 1.807) is 6.07 Å². The van der Waals surface area contributed by atoms with E-state index < -0.39 is 10.0 Å². The molecular formula is C12H20N2O3S. The van der Waals surface area contributed by atoms with Crippen molar-refractivity contribution in [2.24, 2.45) is 10.6 Å². The minimum atomic E-state index is -3.70. The van der Waals surface area contributed by atoms with Crippen molar-refractivity contribution in [3.63, 3.8) is 0 Å².